The molecule has 2 aromatic rings. The van der Waals surface area contributed by atoms with Crippen LogP contribution in [0.3, 0.4) is 0 Å². The van der Waals surface area contributed by atoms with Crippen molar-refractivity contribution < 1.29 is 0 Å². The van der Waals surface area contributed by atoms with E-state index in [4.69, 9.17) is 0 Å². The number of fused-ring (bicyclic) bond motifs is 4. The molecule has 0 amide bonds. The Hall–Kier alpha value is -1.58. The van der Waals surface area contributed by atoms with Crippen LogP contribution in [0.2, 0.25) is 0 Å². The lowest BCUT2D eigenvalue weighted by molar-refractivity contribution is 0.253. The molecule has 76 valence electrons. The van der Waals surface area contributed by atoms with Crippen LogP contribution in [0.1, 0.15) is 24.2 Å². The highest BCUT2D eigenvalue weighted by molar-refractivity contribution is 5.19. The molecule has 0 saturated heterocycles. The summed E-state index contributed by atoms with van der Waals surface area (Å²) in [6.45, 7) is 0. The zero-order chi connectivity index (χ0) is 9.88. The van der Waals surface area contributed by atoms with Crippen molar-refractivity contribution in [1.82, 2.24) is 19.1 Å². The van der Waals surface area contributed by atoms with E-state index in [9.17, 15) is 0 Å². The van der Waals surface area contributed by atoms with Gasteiger partial charge in [-0.1, -0.05) is 0 Å². The summed E-state index contributed by atoms with van der Waals surface area (Å²) in [7, 11) is 0. The maximum absolute atomic E-state index is 4.25. The summed E-state index contributed by atoms with van der Waals surface area (Å²) in [5.41, 5.74) is 2.84. The second-order valence-corrected chi connectivity index (χ2v) is 4.49. The van der Waals surface area contributed by atoms with E-state index < -0.39 is 0 Å². The average Bonchev–Trinajstić information content (AvgIpc) is 2.95. The van der Waals surface area contributed by atoms with Gasteiger partial charge in [0.15, 0.2) is 0 Å². The minimum Gasteiger partial charge on any atom is -0.310 e. The van der Waals surface area contributed by atoms with Crippen LogP contribution in [-0.4, -0.2) is 19.1 Å². The van der Waals surface area contributed by atoms with E-state index in [1.54, 1.807) is 0 Å². The van der Waals surface area contributed by atoms with E-state index in [1.807, 2.05) is 25.0 Å². The molecule has 4 heteroatoms. The van der Waals surface area contributed by atoms with E-state index >= 15 is 0 Å². The minimum atomic E-state index is 0.123. The van der Waals surface area contributed by atoms with Gasteiger partial charge in [-0.15, -0.1) is 0 Å². The standard InChI is InChI=1S/C11H12N4/c1-3-11(14-7-12-5-9(1)14)4-2-10-6-13-8-15(10)11/h5-8H,1-4H2. The van der Waals surface area contributed by atoms with Crippen LogP contribution in [0.25, 0.3) is 0 Å². The van der Waals surface area contributed by atoms with Gasteiger partial charge in [0.1, 0.15) is 5.66 Å². The Morgan fingerprint density at radius 1 is 0.933 bits per heavy atom. The van der Waals surface area contributed by atoms with Gasteiger partial charge in [-0.3, -0.25) is 0 Å². The molecule has 0 saturated carbocycles. The third-order valence-electron chi connectivity index (χ3n) is 3.89. The molecule has 0 aliphatic carbocycles. The monoisotopic (exact) mass is 200 g/mol. The zero-order valence-corrected chi connectivity index (χ0v) is 8.43. The van der Waals surface area contributed by atoms with Crippen molar-refractivity contribution in [2.45, 2.75) is 31.3 Å². The molecule has 2 aliphatic rings. The lowest BCUT2D eigenvalue weighted by atomic mass is 10.0. The molecule has 0 N–H and O–H groups in total. The van der Waals surface area contributed by atoms with Gasteiger partial charge < -0.3 is 9.13 Å². The lowest BCUT2D eigenvalue weighted by Crippen LogP contribution is -2.34. The molecule has 1 spiro atoms. The van der Waals surface area contributed by atoms with Crippen molar-refractivity contribution in [3.05, 3.63) is 36.4 Å². The van der Waals surface area contributed by atoms with Crippen LogP contribution >= 0.6 is 0 Å². The fourth-order valence-electron chi connectivity index (χ4n) is 3.14. The van der Waals surface area contributed by atoms with Gasteiger partial charge in [0.25, 0.3) is 0 Å². The molecule has 0 aromatic carbocycles. The Balaban J connectivity index is 1.99. The predicted molar refractivity (Wildman–Crippen MR) is 54.5 cm³/mol. The first kappa shape index (κ1) is 7.68. The first-order chi connectivity index (χ1) is 7.40. The molecular formula is C11H12N4. The second kappa shape index (κ2) is 2.32. The third-order valence-corrected chi connectivity index (χ3v) is 3.89. The molecule has 0 radical (unpaired) electrons. The molecule has 15 heavy (non-hydrogen) atoms. The molecule has 0 fully saturated rings. The van der Waals surface area contributed by atoms with Crippen molar-refractivity contribution in [2.75, 3.05) is 0 Å². The number of hydrogen-bond acceptors (Lipinski definition) is 2. The summed E-state index contributed by atoms with van der Waals surface area (Å²) < 4.78 is 4.68. The number of hydrogen-bond donors (Lipinski definition) is 0. The first-order valence-corrected chi connectivity index (χ1v) is 5.44. The highest BCUT2D eigenvalue weighted by atomic mass is 15.3. The average molecular weight is 200 g/mol. The van der Waals surface area contributed by atoms with Crippen LogP contribution in [0.4, 0.5) is 0 Å². The lowest BCUT2D eigenvalue weighted by Gasteiger charge is -2.28. The number of imidazole rings is 2. The molecule has 4 heterocycles. The largest absolute Gasteiger partial charge is 0.310 e. The van der Waals surface area contributed by atoms with E-state index in [0.29, 0.717) is 0 Å². The summed E-state index contributed by atoms with van der Waals surface area (Å²) >= 11 is 0. The van der Waals surface area contributed by atoms with Crippen molar-refractivity contribution in [2.24, 2.45) is 0 Å². The Morgan fingerprint density at radius 3 is 2.00 bits per heavy atom. The molecular weight excluding hydrogens is 188 g/mol. The van der Waals surface area contributed by atoms with E-state index in [2.05, 4.69) is 19.1 Å². The Morgan fingerprint density at radius 2 is 1.47 bits per heavy atom. The first-order valence-electron chi connectivity index (χ1n) is 5.44. The van der Waals surface area contributed by atoms with Gasteiger partial charge in [0.2, 0.25) is 0 Å². The van der Waals surface area contributed by atoms with Crippen LogP contribution in [0, 0.1) is 0 Å². The SMILES string of the molecule is c1ncn2c1CCC21CCc2cncn21. The molecule has 0 atom stereocenters. The second-order valence-electron chi connectivity index (χ2n) is 4.49. The highest BCUT2D eigenvalue weighted by Crippen LogP contribution is 2.42. The normalized spacial score (nSPS) is 20.8. The van der Waals surface area contributed by atoms with Crippen molar-refractivity contribution in [1.29, 1.82) is 0 Å². The number of rotatable bonds is 0. The highest BCUT2D eigenvalue weighted by Gasteiger charge is 2.44. The molecule has 0 bridgehead atoms. The summed E-state index contributed by atoms with van der Waals surface area (Å²) in [6.07, 6.45) is 12.6. The molecule has 2 aliphatic heterocycles. The molecule has 4 rings (SSSR count). The minimum absolute atomic E-state index is 0.123. The van der Waals surface area contributed by atoms with Gasteiger partial charge in [-0.05, 0) is 25.7 Å². The maximum atomic E-state index is 4.25. The maximum Gasteiger partial charge on any atom is 0.124 e. The zero-order valence-electron chi connectivity index (χ0n) is 8.43. The predicted octanol–water partition coefficient (Wildman–Crippen LogP) is 1.17. The Bertz CT molecular complexity index is 474. The fraction of sp³-hybridized carbons (Fsp3) is 0.455. The van der Waals surface area contributed by atoms with Crippen LogP contribution < -0.4 is 0 Å². The van der Waals surface area contributed by atoms with Crippen LogP contribution in [-0.2, 0) is 18.5 Å². The number of aromatic nitrogens is 4. The summed E-state index contributed by atoms with van der Waals surface area (Å²) in [5, 5.41) is 0. The third kappa shape index (κ3) is 0.749. The van der Waals surface area contributed by atoms with E-state index in [1.165, 1.54) is 24.2 Å². The molecule has 0 unspecified atom stereocenters. The van der Waals surface area contributed by atoms with Gasteiger partial charge in [0.05, 0.1) is 12.7 Å². The van der Waals surface area contributed by atoms with Gasteiger partial charge in [0, 0.05) is 23.8 Å². The van der Waals surface area contributed by atoms with Gasteiger partial charge in [-0.25, -0.2) is 9.97 Å². The Kier molecular flexibility index (Phi) is 1.19. The molecule has 4 nitrogen and oxygen atoms in total. The van der Waals surface area contributed by atoms with Gasteiger partial charge in [-0.2, -0.15) is 0 Å². The van der Waals surface area contributed by atoms with E-state index in [-0.39, 0.29) is 5.66 Å². The number of aryl methyl sites for hydroxylation is 2. The topological polar surface area (TPSA) is 35.6 Å². The van der Waals surface area contributed by atoms with Crippen molar-refractivity contribution in [3.8, 4) is 0 Å². The van der Waals surface area contributed by atoms with Crippen molar-refractivity contribution in [3.63, 3.8) is 0 Å². The summed E-state index contributed by atoms with van der Waals surface area (Å²) in [6, 6.07) is 0. The van der Waals surface area contributed by atoms with Crippen LogP contribution in [0.5, 0.6) is 0 Å². The van der Waals surface area contributed by atoms with Crippen molar-refractivity contribution >= 4 is 0 Å². The summed E-state index contributed by atoms with van der Waals surface area (Å²) in [4.78, 5) is 8.50. The fourth-order valence-corrected chi connectivity index (χ4v) is 3.14. The van der Waals surface area contributed by atoms with Gasteiger partial charge >= 0.3 is 0 Å². The quantitative estimate of drug-likeness (QED) is 0.640. The number of nitrogens with zero attached hydrogens (tertiary/aromatic N) is 4. The smallest absolute Gasteiger partial charge is 0.124 e. The Labute approximate surface area is 87.6 Å². The molecule has 2 aromatic heterocycles. The van der Waals surface area contributed by atoms with E-state index in [0.717, 1.165) is 12.8 Å². The van der Waals surface area contributed by atoms with Crippen LogP contribution in [0.15, 0.2) is 25.0 Å². The summed E-state index contributed by atoms with van der Waals surface area (Å²) in [5.74, 6) is 0.